The number of hydrogen-bond acceptors (Lipinski definition) is 8. The van der Waals surface area contributed by atoms with Crippen LogP contribution in [-0.2, 0) is 16.1 Å². The number of amides is 1. The van der Waals surface area contributed by atoms with Crippen molar-refractivity contribution in [3.63, 3.8) is 0 Å². The predicted octanol–water partition coefficient (Wildman–Crippen LogP) is 5.35. The summed E-state index contributed by atoms with van der Waals surface area (Å²) in [5, 5.41) is 17.0. The number of carbonyl (C=O) groups excluding carboxylic acids is 1. The Labute approximate surface area is 204 Å². The molecule has 5 rings (SSSR count). The zero-order valence-electron chi connectivity index (χ0n) is 18.1. The number of nitrogens with zero attached hydrogens (tertiary/aromatic N) is 4. The molecule has 1 saturated heterocycles. The second-order valence-electron chi connectivity index (χ2n) is 7.77. The molecule has 1 N–H and O–H groups in total. The molecule has 7 nitrogen and oxygen atoms in total. The third-order valence-corrected chi connectivity index (χ3v) is 7.89. The first-order valence-electron chi connectivity index (χ1n) is 10.7. The van der Waals surface area contributed by atoms with Gasteiger partial charge in [-0.3, -0.25) is 9.36 Å². The van der Waals surface area contributed by atoms with Crippen LogP contribution < -0.4 is 5.32 Å². The van der Waals surface area contributed by atoms with Crippen molar-refractivity contribution in [3.05, 3.63) is 52.7 Å². The molecule has 1 fully saturated rings. The molecule has 0 saturated carbocycles. The minimum Gasteiger partial charge on any atom is -0.376 e. The SMILES string of the molecule is Cc1ccc(-c2csc(NC(=O)CSc3nnc(-c4cccs4)n3CC3CCCO3)n2)cc1. The molecule has 10 heteroatoms. The average molecular weight is 498 g/mol. The van der Waals surface area contributed by atoms with Crippen LogP contribution in [0, 0.1) is 6.92 Å². The maximum atomic E-state index is 12.6. The lowest BCUT2D eigenvalue weighted by molar-refractivity contribution is -0.113. The van der Waals surface area contributed by atoms with E-state index in [0.717, 1.165) is 46.6 Å². The van der Waals surface area contributed by atoms with Gasteiger partial charge in [-0.1, -0.05) is 47.7 Å². The van der Waals surface area contributed by atoms with Crippen molar-refractivity contribution in [2.45, 2.75) is 37.6 Å². The summed E-state index contributed by atoms with van der Waals surface area (Å²) in [7, 11) is 0. The summed E-state index contributed by atoms with van der Waals surface area (Å²) in [6, 6.07) is 12.2. The quantitative estimate of drug-likeness (QED) is 0.331. The van der Waals surface area contributed by atoms with Crippen LogP contribution in [0.5, 0.6) is 0 Å². The summed E-state index contributed by atoms with van der Waals surface area (Å²) in [6.07, 6.45) is 2.26. The molecule has 33 heavy (non-hydrogen) atoms. The lowest BCUT2D eigenvalue weighted by atomic mass is 10.1. The Hall–Kier alpha value is -2.53. The maximum Gasteiger partial charge on any atom is 0.236 e. The lowest BCUT2D eigenvalue weighted by Gasteiger charge is -2.14. The van der Waals surface area contributed by atoms with Crippen molar-refractivity contribution >= 4 is 45.5 Å². The normalized spacial score (nSPS) is 15.7. The van der Waals surface area contributed by atoms with E-state index in [4.69, 9.17) is 4.74 Å². The maximum absolute atomic E-state index is 12.6. The first kappa shape index (κ1) is 22.3. The third kappa shape index (κ3) is 5.35. The van der Waals surface area contributed by atoms with Crippen LogP contribution in [0.1, 0.15) is 18.4 Å². The fourth-order valence-corrected chi connectivity index (χ4v) is 5.81. The zero-order valence-corrected chi connectivity index (χ0v) is 20.5. The van der Waals surface area contributed by atoms with Gasteiger partial charge in [0.05, 0.1) is 29.0 Å². The molecule has 0 bridgehead atoms. The summed E-state index contributed by atoms with van der Waals surface area (Å²) >= 11 is 4.44. The van der Waals surface area contributed by atoms with Crippen LogP contribution >= 0.6 is 34.4 Å². The minimum absolute atomic E-state index is 0.117. The minimum atomic E-state index is -0.117. The Morgan fingerprint density at radius 2 is 2.12 bits per heavy atom. The van der Waals surface area contributed by atoms with Gasteiger partial charge >= 0.3 is 0 Å². The van der Waals surface area contributed by atoms with Gasteiger partial charge in [-0.15, -0.1) is 32.9 Å². The highest BCUT2D eigenvalue weighted by atomic mass is 32.2. The largest absolute Gasteiger partial charge is 0.376 e. The Balaban J connectivity index is 1.24. The fraction of sp³-hybridized carbons (Fsp3) is 0.304. The van der Waals surface area contributed by atoms with Crippen molar-refractivity contribution < 1.29 is 9.53 Å². The van der Waals surface area contributed by atoms with Crippen LogP contribution in [0.15, 0.2) is 52.3 Å². The zero-order chi connectivity index (χ0) is 22.6. The number of anilines is 1. The number of nitrogens with one attached hydrogen (secondary N) is 1. The second kappa shape index (κ2) is 10.2. The van der Waals surface area contributed by atoms with Gasteiger partial charge in [0.2, 0.25) is 5.91 Å². The number of benzene rings is 1. The molecule has 1 atom stereocenters. The van der Waals surface area contributed by atoms with Gasteiger partial charge in [0, 0.05) is 17.6 Å². The Bertz CT molecular complexity index is 1210. The molecule has 0 spiro atoms. The van der Waals surface area contributed by atoms with Gasteiger partial charge in [0.15, 0.2) is 16.1 Å². The summed E-state index contributed by atoms with van der Waals surface area (Å²) < 4.78 is 7.92. The molecule has 0 aliphatic carbocycles. The molecule has 4 heterocycles. The number of rotatable bonds is 8. The van der Waals surface area contributed by atoms with Crippen LogP contribution in [0.3, 0.4) is 0 Å². The number of aryl methyl sites for hydroxylation is 1. The Kier molecular flexibility index (Phi) is 6.86. The predicted molar refractivity (Wildman–Crippen MR) is 134 cm³/mol. The van der Waals surface area contributed by atoms with E-state index in [1.807, 2.05) is 35.0 Å². The van der Waals surface area contributed by atoms with Crippen molar-refractivity contribution in [2.75, 3.05) is 17.7 Å². The summed E-state index contributed by atoms with van der Waals surface area (Å²) in [5.74, 6) is 0.938. The Morgan fingerprint density at radius 1 is 1.24 bits per heavy atom. The van der Waals surface area contributed by atoms with Gasteiger partial charge in [-0.05, 0) is 31.2 Å². The molecule has 1 aromatic carbocycles. The lowest BCUT2D eigenvalue weighted by Crippen LogP contribution is -2.18. The first-order chi connectivity index (χ1) is 16.2. The topological polar surface area (TPSA) is 81.9 Å². The highest BCUT2D eigenvalue weighted by Crippen LogP contribution is 2.30. The standard InChI is InChI=1S/C23H23N5O2S3/c1-15-6-8-16(9-7-15)18-13-32-22(24-18)25-20(29)14-33-23-27-26-21(19-5-3-11-31-19)28(23)12-17-4-2-10-30-17/h3,5-9,11,13,17H,2,4,10,12,14H2,1H3,(H,24,25,29). The van der Waals surface area contributed by atoms with E-state index < -0.39 is 0 Å². The van der Waals surface area contributed by atoms with Crippen molar-refractivity contribution in [3.8, 4) is 22.0 Å². The number of ether oxygens (including phenoxy) is 1. The molecule has 1 unspecified atom stereocenters. The summed E-state index contributed by atoms with van der Waals surface area (Å²) in [6.45, 7) is 3.54. The van der Waals surface area contributed by atoms with E-state index in [0.29, 0.717) is 11.7 Å². The highest BCUT2D eigenvalue weighted by Gasteiger charge is 2.22. The number of thioether (sulfide) groups is 1. The molecule has 1 aliphatic rings. The molecular weight excluding hydrogens is 474 g/mol. The van der Waals surface area contributed by atoms with Crippen molar-refractivity contribution in [1.82, 2.24) is 19.7 Å². The van der Waals surface area contributed by atoms with E-state index in [9.17, 15) is 4.79 Å². The Morgan fingerprint density at radius 3 is 2.88 bits per heavy atom. The molecular formula is C23H23N5O2S3. The van der Waals surface area contributed by atoms with Crippen LogP contribution in [0.2, 0.25) is 0 Å². The number of hydrogen-bond donors (Lipinski definition) is 1. The highest BCUT2D eigenvalue weighted by molar-refractivity contribution is 7.99. The van der Waals surface area contributed by atoms with Gasteiger partial charge in [-0.2, -0.15) is 0 Å². The van der Waals surface area contributed by atoms with Gasteiger partial charge in [-0.25, -0.2) is 4.98 Å². The number of thiophene rings is 1. The monoisotopic (exact) mass is 497 g/mol. The van der Waals surface area contributed by atoms with Crippen molar-refractivity contribution in [1.29, 1.82) is 0 Å². The molecule has 4 aromatic rings. The van der Waals surface area contributed by atoms with E-state index in [-0.39, 0.29) is 17.8 Å². The smallest absolute Gasteiger partial charge is 0.236 e. The molecule has 0 radical (unpaired) electrons. The van der Waals surface area contributed by atoms with E-state index in [1.165, 1.54) is 28.7 Å². The molecule has 1 amide bonds. The first-order valence-corrected chi connectivity index (χ1v) is 13.4. The molecule has 170 valence electrons. The van der Waals surface area contributed by atoms with Crippen LogP contribution in [-0.4, -0.2) is 44.1 Å². The number of aromatic nitrogens is 4. The van der Waals surface area contributed by atoms with E-state index in [1.54, 1.807) is 11.3 Å². The number of thiazole rings is 1. The average Bonchev–Trinajstić information content (AvgIpc) is 3.61. The number of carbonyl (C=O) groups is 1. The summed E-state index contributed by atoms with van der Waals surface area (Å²) in [5.41, 5.74) is 3.10. The summed E-state index contributed by atoms with van der Waals surface area (Å²) in [4.78, 5) is 18.2. The fourth-order valence-electron chi connectivity index (χ4n) is 3.61. The molecule has 1 aliphatic heterocycles. The van der Waals surface area contributed by atoms with E-state index >= 15 is 0 Å². The van der Waals surface area contributed by atoms with Gasteiger partial charge in [0.1, 0.15) is 0 Å². The van der Waals surface area contributed by atoms with Gasteiger partial charge in [0.25, 0.3) is 0 Å². The van der Waals surface area contributed by atoms with E-state index in [2.05, 4.69) is 44.1 Å². The second-order valence-corrected chi connectivity index (χ2v) is 10.5. The van der Waals surface area contributed by atoms with Crippen molar-refractivity contribution in [2.24, 2.45) is 0 Å². The third-order valence-electron chi connectivity index (χ3n) is 5.30. The van der Waals surface area contributed by atoms with Gasteiger partial charge < -0.3 is 10.1 Å². The van der Waals surface area contributed by atoms with Crippen LogP contribution in [0.25, 0.3) is 22.0 Å². The molecule has 3 aromatic heterocycles. The van der Waals surface area contributed by atoms with Crippen LogP contribution in [0.4, 0.5) is 5.13 Å².